The smallest absolute Gasteiger partial charge is 0.238 e. The van der Waals surface area contributed by atoms with Gasteiger partial charge in [-0.15, -0.1) is 11.3 Å². The van der Waals surface area contributed by atoms with Crippen LogP contribution < -0.4 is 15.2 Å². The number of nitrogens with one attached hydrogen (secondary N) is 1. The van der Waals surface area contributed by atoms with E-state index in [1.54, 1.807) is 29.7 Å². The first kappa shape index (κ1) is 27.7. The van der Waals surface area contributed by atoms with Gasteiger partial charge < -0.3 is 10.1 Å². The first-order valence-corrected chi connectivity index (χ1v) is 15.3. The molecule has 206 valence electrons. The van der Waals surface area contributed by atoms with Crippen LogP contribution in [-0.2, 0) is 16.6 Å². The Morgan fingerprint density at radius 1 is 1.15 bits per heavy atom. The number of piperidine rings is 1. The number of sulfonamides is 1. The Bertz CT molecular complexity index is 1620. The third-order valence-electron chi connectivity index (χ3n) is 6.91. The summed E-state index contributed by atoms with van der Waals surface area (Å²) in [4.78, 5) is 12.9. The highest BCUT2D eigenvalue weighted by molar-refractivity contribution is 7.89. The van der Waals surface area contributed by atoms with Crippen LogP contribution in [0.3, 0.4) is 0 Å². The molecule has 2 aromatic carbocycles. The zero-order valence-electron chi connectivity index (χ0n) is 22.3. The second-order valence-electron chi connectivity index (χ2n) is 9.93. The minimum absolute atomic E-state index is 0.122. The number of anilines is 1. The van der Waals surface area contributed by atoms with E-state index in [1.807, 2.05) is 55.6 Å². The van der Waals surface area contributed by atoms with E-state index in [0.29, 0.717) is 23.1 Å². The van der Waals surface area contributed by atoms with Gasteiger partial charge in [-0.2, -0.15) is 10.2 Å². The molecule has 0 unspecified atom stereocenters. The van der Waals surface area contributed by atoms with E-state index in [-0.39, 0.29) is 10.9 Å². The molecule has 0 radical (unpaired) electrons. The molecular weight excluding hydrogens is 544 g/mol. The predicted octanol–water partition coefficient (Wildman–Crippen LogP) is 5.21. The Balaban J connectivity index is 1.27. The molecule has 3 N–H and O–H groups in total. The van der Waals surface area contributed by atoms with Gasteiger partial charge >= 0.3 is 0 Å². The summed E-state index contributed by atoms with van der Waals surface area (Å²) in [5, 5.41) is 20.0. The van der Waals surface area contributed by atoms with Gasteiger partial charge in [0, 0.05) is 36.8 Å². The van der Waals surface area contributed by atoms with E-state index in [4.69, 9.17) is 14.9 Å². The number of thiophene rings is 1. The van der Waals surface area contributed by atoms with Gasteiger partial charge in [0.15, 0.2) is 0 Å². The molecule has 1 saturated heterocycles. The fourth-order valence-electron chi connectivity index (χ4n) is 4.85. The summed E-state index contributed by atoms with van der Waals surface area (Å²) in [5.41, 5.74) is 4.19. The molecule has 0 saturated carbocycles. The van der Waals surface area contributed by atoms with Gasteiger partial charge in [0.05, 0.1) is 22.1 Å². The Morgan fingerprint density at radius 2 is 1.85 bits per heavy atom. The standard InChI is InChI=1S/C29H30N6O3S2/c1-19-14-22(16-30)15-20(2)27(19)38-28-25(26-4-3-13-39-26)17-32-29(34-28)33-23-9-11-35(12-10-23)18-21-5-7-24(8-6-21)40(31,36)37/h3-8,13-15,17,23H,9-12,18H2,1-2H3,(H2,31,36,37)(H,32,33,34). The lowest BCUT2D eigenvalue weighted by atomic mass is 10.0. The van der Waals surface area contributed by atoms with Crippen molar-refractivity contribution in [2.24, 2.45) is 5.14 Å². The number of rotatable bonds is 8. The van der Waals surface area contributed by atoms with Crippen LogP contribution in [0.5, 0.6) is 11.6 Å². The number of nitriles is 1. The molecule has 0 aliphatic carbocycles. The summed E-state index contributed by atoms with van der Waals surface area (Å²) in [7, 11) is -3.69. The van der Waals surface area contributed by atoms with Crippen molar-refractivity contribution in [2.75, 3.05) is 18.4 Å². The SMILES string of the molecule is Cc1cc(C#N)cc(C)c1Oc1nc(NC2CCN(Cc3ccc(S(N)(=O)=O)cc3)CC2)ncc1-c1cccs1. The molecule has 5 rings (SSSR count). The van der Waals surface area contributed by atoms with Crippen molar-refractivity contribution in [1.29, 1.82) is 5.26 Å². The summed E-state index contributed by atoms with van der Waals surface area (Å²) in [6.07, 6.45) is 3.62. The number of aromatic nitrogens is 2. The van der Waals surface area contributed by atoms with Crippen molar-refractivity contribution < 1.29 is 13.2 Å². The van der Waals surface area contributed by atoms with E-state index in [9.17, 15) is 13.7 Å². The lowest BCUT2D eigenvalue weighted by Crippen LogP contribution is -2.39. The van der Waals surface area contributed by atoms with E-state index in [2.05, 4.69) is 21.3 Å². The molecule has 0 amide bonds. The Kier molecular flexibility index (Phi) is 8.14. The fourth-order valence-corrected chi connectivity index (χ4v) is 6.09. The molecule has 0 atom stereocenters. The van der Waals surface area contributed by atoms with Gasteiger partial charge in [0.2, 0.25) is 21.9 Å². The van der Waals surface area contributed by atoms with Crippen LogP contribution in [-0.4, -0.2) is 42.4 Å². The molecule has 1 aliphatic heterocycles. The number of nitrogens with two attached hydrogens (primary N) is 1. The van der Waals surface area contributed by atoms with Crippen molar-refractivity contribution in [3.05, 3.63) is 82.4 Å². The second kappa shape index (κ2) is 11.7. The summed E-state index contributed by atoms with van der Waals surface area (Å²) in [6.45, 7) is 6.36. The van der Waals surface area contributed by atoms with Crippen LogP contribution in [0, 0.1) is 25.2 Å². The molecule has 9 nitrogen and oxygen atoms in total. The van der Waals surface area contributed by atoms with Gasteiger partial charge in [0.1, 0.15) is 5.75 Å². The summed E-state index contributed by atoms with van der Waals surface area (Å²) in [5.74, 6) is 1.67. The number of nitrogens with zero attached hydrogens (tertiary/aromatic N) is 4. The van der Waals surface area contributed by atoms with Gasteiger partial charge in [0.25, 0.3) is 0 Å². The van der Waals surface area contributed by atoms with E-state index >= 15 is 0 Å². The molecule has 1 aliphatic rings. The molecule has 3 heterocycles. The summed E-state index contributed by atoms with van der Waals surface area (Å²) < 4.78 is 29.4. The van der Waals surface area contributed by atoms with Crippen LogP contribution in [0.1, 0.15) is 35.1 Å². The van der Waals surface area contributed by atoms with Crippen LogP contribution in [0.4, 0.5) is 5.95 Å². The molecular formula is C29H30N6O3S2. The van der Waals surface area contributed by atoms with Crippen molar-refractivity contribution in [2.45, 2.75) is 44.2 Å². The highest BCUT2D eigenvalue weighted by Gasteiger charge is 2.22. The maximum Gasteiger partial charge on any atom is 0.238 e. The molecule has 11 heteroatoms. The molecule has 0 bridgehead atoms. The molecule has 4 aromatic rings. The Labute approximate surface area is 238 Å². The molecule has 40 heavy (non-hydrogen) atoms. The Morgan fingerprint density at radius 3 is 2.45 bits per heavy atom. The normalized spacial score (nSPS) is 14.6. The highest BCUT2D eigenvalue weighted by Crippen LogP contribution is 2.37. The van der Waals surface area contributed by atoms with Crippen LogP contribution >= 0.6 is 11.3 Å². The van der Waals surface area contributed by atoms with E-state index in [1.165, 1.54) is 0 Å². The third-order valence-corrected chi connectivity index (χ3v) is 8.74. The zero-order valence-corrected chi connectivity index (χ0v) is 23.9. The van der Waals surface area contributed by atoms with Crippen LogP contribution in [0.2, 0.25) is 0 Å². The highest BCUT2D eigenvalue weighted by atomic mass is 32.2. The van der Waals surface area contributed by atoms with Crippen molar-refractivity contribution in [1.82, 2.24) is 14.9 Å². The maximum absolute atomic E-state index is 11.5. The number of likely N-dealkylation sites (tertiary alicyclic amines) is 1. The topological polar surface area (TPSA) is 134 Å². The van der Waals surface area contributed by atoms with Crippen LogP contribution in [0.15, 0.2) is 65.0 Å². The summed E-state index contributed by atoms with van der Waals surface area (Å²) in [6, 6.07) is 16.8. The predicted molar refractivity (Wildman–Crippen MR) is 156 cm³/mol. The van der Waals surface area contributed by atoms with Gasteiger partial charge in [-0.05, 0) is 79.1 Å². The number of hydrogen-bond donors (Lipinski definition) is 2. The number of ether oxygens (including phenoxy) is 1. The zero-order chi connectivity index (χ0) is 28.3. The lowest BCUT2D eigenvalue weighted by molar-refractivity contribution is 0.211. The van der Waals surface area contributed by atoms with Crippen molar-refractivity contribution in [3.8, 4) is 28.1 Å². The monoisotopic (exact) mass is 574 g/mol. The first-order chi connectivity index (χ1) is 19.2. The third kappa shape index (κ3) is 6.48. The quantitative estimate of drug-likeness (QED) is 0.293. The fraction of sp³-hybridized carbons (Fsp3) is 0.276. The summed E-state index contributed by atoms with van der Waals surface area (Å²) >= 11 is 1.59. The average Bonchev–Trinajstić information content (AvgIpc) is 3.46. The number of benzene rings is 2. The molecule has 0 spiro atoms. The molecule has 2 aromatic heterocycles. The first-order valence-electron chi connectivity index (χ1n) is 12.9. The van der Waals surface area contributed by atoms with E-state index < -0.39 is 10.0 Å². The molecule has 1 fully saturated rings. The average molecular weight is 575 g/mol. The second-order valence-corrected chi connectivity index (χ2v) is 12.4. The lowest BCUT2D eigenvalue weighted by Gasteiger charge is -2.32. The maximum atomic E-state index is 11.5. The number of aryl methyl sites for hydroxylation is 2. The van der Waals surface area contributed by atoms with E-state index in [0.717, 1.165) is 59.6 Å². The van der Waals surface area contributed by atoms with Crippen LogP contribution in [0.25, 0.3) is 10.4 Å². The van der Waals surface area contributed by atoms with Crippen molar-refractivity contribution >= 4 is 27.3 Å². The van der Waals surface area contributed by atoms with Gasteiger partial charge in [-0.1, -0.05) is 18.2 Å². The minimum Gasteiger partial charge on any atom is -0.438 e. The largest absolute Gasteiger partial charge is 0.438 e. The van der Waals surface area contributed by atoms with Gasteiger partial charge in [-0.3, -0.25) is 4.90 Å². The minimum atomic E-state index is -3.69. The Hall–Kier alpha value is -3.82. The number of primary sulfonamides is 1. The number of hydrogen-bond acceptors (Lipinski definition) is 9. The van der Waals surface area contributed by atoms with Gasteiger partial charge in [-0.25, -0.2) is 18.5 Å². The van der Waals surface area contributed by atoms with Crippen molar-refractivity contribution in [3.63, 3.8) is 0 Å².